The maximum Gasteiger partial charge on any atom is 0.223 e. The average Bonchev–Trinajstić information content (AvgIpc) is 2.33. The number of nitrogens with zero attached hydrogens (tertiary/aromatic N) is 2. The molecule has 0 heterocycles. The van der Waals surface area contributed by atoms with Gasteiger partial charge in [0.1, 0.15) is 0 Å². The Morgan fingerprint density at radius 1 is 1.61 bits per heavy atom. The summed E-state index contributed by atoms with van der Waals surface area (Å²) in [6.45, 7) is 6.68. The Hall–Kier alpha value is -1.30. The van der Waals surface area contributed by atoms with E-state index in [0.29, 0.717) is 18.3 Å². The number of nitriles is 1. The predicted octanol–water partition coefficient (Wildman–Crippen LogP) is 3.48. The lowest BCUT2D eigenvalue weighted by molar-refractivity contribution is -0.128. The second-order valence-corrected chi connectivity index (χ2v) is 5.48. The van der Waals surface area contributed by atoms with Crippen LogP contribution >= 0.6 is 0 Å². The topological polar surface area (TPSA) is 44.1 Å². The molecule has 1 amide bonds. The first-order chi connectivity index (χ1) is 8.56. The van der Waals surface area contributed by atoms with Gasteiger partial charge in [0.15, 0.2) is 0 Å². The molecule has 0 aromatic heterocycles. The van der Waals surface area contributed by atoms with Gasteiger partial charge in [-0.15, -0.1) is 0 Å². The summed E-state index contributed by atoms with van der Waals surface area (Å²) >= 11 is 0. The molecule has 1 aliphatic carbocycles. The first kappa shape index (κ1) is 14.8. The third-order valence-electron chi connectivity index (χ3n) is 3.37. The standard InChI is InChI=1S/C15H24N2O/c1-12(2)11-17(13(3)18)15-9-5-4-7-14(15)8-6-10-16/h9,12,14H,4-8,11H2,1-3H3. The summed E-state index contributed by atoms with van der Waals surface area (Å²) in [5.74, 6) is 0.980. The van der Waals surface area contributed by atoms with Gasteiger partial charge in [-0.1, -0.05) is 19.9 Å². The van der Waals surface area contributed by atoms with Crippen molar-refractivity contribution >= 4 is 5.91 Å². The van der Waals surface area contributed by atoms with E-state index in [4.69, 9.17) is 5.26 Å². The van der Waals surface area contributed by atoms with Crippen LogP contribution in [0.5, 0.6) is 0 Å². The van der Waals surface area contributed by atoms with Crippen molar-refractivity contribution in [1.82, 2.24) is 4.90 Å². The molecule has 0 spiro atoms. The second-order valence-electron chi connectivity index (χ2n) is 5.48. The van der Waals surface area contributed by atoms with Gasteiger partial charge < -0.3 is 4.90 Å². The number of hydrogen-bond acceptors (Lipinski definition) is 2. The third-order valence-corrected chi connectivity index (χ3v) is 3.37. The number of allylic oxidation sites excluding steroid dienone is 2. The molecule has 3 heteroatoms. The van der Waals surface area contributed by atoms with Gasteiger partial charge >= 0.3 is 0 Å². The molecule has 0 aromatic rings. The molecule has 0 aliphatic heterocycles. The molecule has 1 aliphatic rings. The lowest BCUT2D eigenvalue weighted by Crippen LogP contribution is -2.35. The Kier molecular flexibility index (Phi) is 5.91. The van der Waals surface area contributed by atoms with Crippen molar-refractivity contribution in [2.75, 3.05) is 6.54 Å². The fraction of sp³-hybridized carbons (Fsp3) is 0.733. The van der Waals surface area contributed by atoms with Crippen LogP contribution < -0.4 is 0 Å². The molecule has 1 atom stereocenters. The number of hydrogen-bond donors (Lipinski definition) is 0. The van der Waals surface area contributed by atoms with Crippen LogP contribution in [0.3, 0.4) is 0 Å². The normalized spacial score (nSPS) is 19.3. The highest BCUT2D eigenvalue weighted by atomic mass is 16.2. The quantitative estimate of drug-likeness (QED) is 0.747. The zero-order valence-electron chi connectivity index (χ0n) is 11.8. The minimum Gasteiger partial charge on any atom is -0.316 e. The van der Waals surface area contributed by atoms with Gasteiger partial charge in [-0.3, -0.25) is 4.79 Å². The van der Waals surface area contributed by atoms with E-state index in [0.717, 1.165) is 31.5 Å². The van der Waals surface area contributed by atoms with E-state index in [9.17, 15) is 4.79 Å². The highest BCUT2D eigenvalue weighted by Gasteiger charge is 2.25. The predicted molar refractivity (Wildman–Crippen MR) is 72.5 cm³/mol. The van der Waals surface area contributed by atoms with Crippen LogP contribution in [0.2, 0.25) is 0 Å². The molecule has 0 fully saturated rings. The Balaban J connectivity index is 2.82. The van der Waals surface area contributed by atoms with Crippen LogP contribution in [0.25, 0.3) is 0 Å². The van der Waals surface area contributed by atoms with Crippen molar-refractivity contribution in [1.29, 1.82) is 5.26 Å². The minimum absolute atomic E-state index is 0.124. The first-order valence-electron chi connectivity index (χ1n) is 6.91. The van der Waals surface area contributed by atoms with Crippen LogP contribution in [-0.2, 0) is 4.79 Å². The summed E-state index contributed by atoms with van der Waals surface area (Å²) in [5.41, 5.74) is 1.16. The Morgan fingerprint density at radius 3 is 2.89 bits per heavy atom. The van der Waals surface area contributed by atoms with Gasteiger partial charge in [0.25, 0.3) is 0 Å². The molecule has 100 valence electrons. The largest absolute Gasteiger partial charge is 0.316 e. The smallest absolute Gasteiger partial charge is 0.223 e. The van der Waals surface area contributed by atoms with E-state index >= 15 is 0 Å². The van der Waals surface area contributed by atoms with Crippen LogP contribution in [0.15, 0.2) is 11.8 Å². The van der Waals surface area contributed by atoms with Gasteiger partial charge in [0.05, 0.1) is 6.07 Å². The fourth-order valence-electron chi connectivity index (χ4n) is 2.57. The van der Waals surface area contributed by atoms with E-state index in [1.165, 1.54) is 6.42 Å². The molecule has 18 heavy (non-hydrogen) atoms. The number of rotatable bonds is 5. The van der Waals surface area contributed by atoms with Crippen molar-refractivity contribution in [3.8, 4) is 6.07 Å². The molecule has 1 rings (SSSR count). The van der Waals surface area contributed by atoms with Gasteiger partial charge in [0, 0.05) is 25.6 Å². The van der Waals surface area contributed by atoms with Crippen LogP contribution in [0.4, 0.5) is 0 Å². The fourth-order valence-corrected chi connectivity index (χ4v) is 2.57. The summed E-state index contributed by atoms with van der Waals surface area (Å²) in [6, 6.07) is 2.21. The van der Waals surface area contributed by atoms with E-state index in [-0.39, 0.29) is 5.91 Å². The van der Waals surface area contributed by atoms with E-state index in [1.807, 2.05) is 4.90 Å². The number of carbonyl (C=O) groups excluding carboxylic acids is 1. The van der Waals surface area contributed by atoms with Crippen LogP contribution in [0.1, 0.15) is 52.9 Å². The van der Waals surface area contributed by atoms with Crippen LogP contribution in [0, 0.1) is 23.2 Å². The first-order valence-corrected chi connectivity index (χ1v) is 6.91. The maximum absolute atomic E-state index is 11.8. The van der Waals surface area contributed by atoms with E-state index < -0.39 is 0 Å². The maximum atomic E-state index is 11.8. The SMILES string of the molecule is CC(=O)N(CC(C)C)C1=CCCCC1CCC#N. The Morgan fingerprint density at radius 2 is 2.33 bits per heavy atom. The minimum atomic E-state index is 0.124. The molecule has 0 N–H and O–H groups in total. The van der Waals surface area contributed by atoms with Crippen molar-refractivity contribution in [2.45, 2.75) is 52.9 Å². The Bertz CT molecular complexity index is 352. The number of carbonyl (C=O) groups is 1. The molecule has 0 bridgehead atoms. The molecule has 0 saturated heterocycles. The molecule has 0 radical (unpaired) electrons. The lowest BCUT2D eigenvalue weighted by Gasteiger charge is -2.33. The summed E-state index contributed by atoms with van der Waals surface area (Å²) < 4.78 is 0. The molecule has 1 unspecified atom stereocenters. The lowest BCUT2D eigenvalue weighted by atomic mass is 9.87. The molecule has 0 saturated carbocycles. The summed E-state index contributed by atoms with van der Waals surface area (Å²) in [4.78, 5) is 13.7. The highest BCUT2D eigenvalue weighted by Crippen LogP contribution is 2.31. The molecule has 0 aromatic carbocycles. The Labute approximate surface area is 110 Å². The van der Waals surface area contributed by atoms with Gasteiger partial charge in [-0.05, 0) is 37.5 Å². The zero-order chi connectivity index (χ0) is 13.5. The average molecular weight is 248 g/mol. The summed E-state index contributed by atoms with van der Waals surface area (Å²) in [7, 11) is 0. The van der Waals surface area contributed by atoms with Gasteiger partial charge in [-0.25, -0.2) is 0 Å². The zero-order valence-corrected chi connectivity index (χ0v) is 11.8. The molecule has 3 nitrogen and oxygen atoms in total. The molecular weight excluding hydrogens is 224 g/mol. The summed E-state index contributed by atoms with van der Waals surface area (Å²) in [6.07, 6.45) is 7.00. The van der Waals surface area contributed by atoms with E-state index in [1.54, 1.807) is 6.92 Å². The van der Waals surface area contributed by atoms with Crippen molar-refractivity contribution in [3.63, 3.8) is 0 Å². The molecular formula is C15H24N2O. The van der Waals surface area contributed by atoms with Crippen molar-refractivity contribution in [3.05, 3.63) is 11.8 Å². The van der Waals surface area contributed by atoms with Gasteiger partial charge in [0.2, 0.25) is 5.91 Å². The second kappa shape index (κ2) is 7.20. The van der Waals surface area contributed by atoms with Crippen molar-refractivity contribution < 1.29 is 4.79 Å². The monoisotopic (exact) mass is 248 g/mol. The third kappa shape index (κ3) is 4.18. The summed E-state index contributed by atoms with van der Waals surface area (Å²) in [5, 5.41) is 8.73. The van der Waals surface area contributed by atoms with E-state index in [2.05, 4.69) is 26.0 Å². The van der Waals surface area contributed by atoms with Crippen molar-refractivity contribution in [2.24, 2.45) is 11.8 Å². The number of amides is 1. The van der Waals surface area contributed by atoms with Crippen LogP contribution in [-0.4, -0.2) is 17.4 Å². The van der Waals surface area contributed by atoms with Gasteiger partial charge in [-0.2, -0.15) is 5.26 Å². The highest BCUT2D eigenvalue weighted by molar-refractivity contribution is 5.75.